The van der Waals surface area contributed by atoms with Crippen molar-refractivity contribution in [3.05, 3.63) is 29.8 Å². The molecule has 2 unspecified atom stereocenters. The first-order valence-corrected chi connectivity index (χ1v) is 7.29. The standard InChI is InChI=1S/C16H23NO4/c1-12-11-21-15(10-18)9-17(12)16(19)7-6-13-4-3-5-14(8-13)20-2/h3-5,8,12,15,18H,6-7,9-11H2,1-2H3. The molecule has 1 aliphatic rings. The van der Waals surface area contributed by atoms with Gasteiger partial charge >= 0.3 is 0 Å². The van der Waals surface area contributed by atoms with Gasteiger partial charge in [0.25, 0.3) is 0 Å². The van der Waals surface area contributed by atoms with Crippen molar-refractivity contribution in [2.24, 2.45) is 0 Å². The Kier molecular flexibility index (Phi) is 5.59. The topological polar surface area (TPSA) is 59.0 Å². The zero-order valence-electron chi connectivity index (χ0n) is 12.6. The number of ether oxygens (including phenoxy) is 2. The Morgan fingerprint density at radius 1 is 1.52 bits per heavy atom. The molecule has 1 N–H and O–H groups in total. The van der Waals surface area contributed by atoms with E-state index >= 15 is 0 Å². The zero-order chi connectivity index (χ0) is 15.2. The van der Waals surface area contributed by atoms with E-state index in [9.17, 15) is 4.79 Å². The number of aryl methyl sites for hydroxylation is 1. The van der Waals surface area contributed by atoms with Crippen LogP contribution < -0.4 is 4.74 Å². The van der Waals surface area contributed by atoms with Crippen LogP contribution >= 0.6 is 0 Å². The summed E-state index contributed by atoms with van der Waals surface area (Å²) in [4.78, 5) is 14.2. The molecule has 1 aromatic carbocycles. The number of carbonyl (C=O) groups excluding carboxylic acids is 1. The third-order valence-electron chi connectivity index (χ3n) is 3.79. The SMILES string of the molecule is COc1cccc(CCC(=O)N2CC(CO)OCC2C)c1. The van der Waals surface area contributed by atoms with Crippen molar-refractivity contribution in [3.8, 4) is 5.75 Å². The van der Waals surface area contributed by atoms with Crippen LogP contribution in [0.4, 0.5) is 0 Å². The van der Waals surface area contributed by atoms with Crippen molar-refractivity contribution in [2.45, 2.75) is 31.9 Å². The number of rotatable bonds is 5. The van der Waals surface area contributed by atoms with E-state index in [0.717, 1.165) is 11.3 Å². The molecule has 1 fully saturated rings. The van der Waals surface area contributed by atoms with Crippen LogP contribution in [0.1, 0.15) is 18.9 Å². The molecule has 0 spiro atoms. The summed E-state index contributed by atoms with van der Waals surface area (Å²) in [6, 6.07) is 7.83. The fraction of sp³-hybridized carbons (Fsp3) is 0.562. The molecule has 116 valence electrons. The third kappa shape index (κ3) is 4.19. The molecule has 1 heterocycles. The Balaban J connectivity index is 1.91. The van der Waals surface area contributed by atoms with E-state index in [1.165, 1.54) is 0 Å². The van der Waals surface area contributed by atoms with Gasteiger partial charge in [-0.15, -0.1) is 0 Å². The minimum absolute atomic E-state index is 0.0492. The smallest absolute Gasteiger partial charge is 0.223 e. The summed E-state index contributed by atoms with van der Waals surface area (Å²) in [7, 11) is 1.63. The van der Waals surface area contributed by atoms with Gasteiger partial charge in [0.1, 0.15) is 5.75 Å². The van der Waals surface area contributed by atoms with Crippen molar-refractivity contribution in [3.63, 3.8) is 0 Å². The van der Waals surface area contributed by atoms with Crippen LogP contribution in [0.25, 0.3) is 0 Å². The summed E-state index contributed by atoms with van der Waals surface area (Å²) in [6.45, 7) is 2.87. The Bertz CT molecular complexity index is 477. The van der Waals surface area contributed by atoms with Gasteiger partial charge in [-0.1, -0.05) is 12.1 Å². The lowest BCUT2D eigenvalue weighted by atomic mass is 10.1. The highest BCUT2D eigenvalue weighted by Crippen LogP contribution is 2.17. The third-order valence-corrected chi connectivity index (χ3v) is 3.79. The van der Waals surface area contributed by atoms with Gasteiger partial charge < -0.3 is 19.5 Å². The number of methoxy groups -OCH3 is 1. The highest BCUT2D eigenvalue weighted by molar-refractivity contribution is 5.77. The first-order chi connectivity index (χ1) is 10.1. The predicted molar refractivity (Wildman–Crippen MR) is 79.3 cm³/mol. The van der Waals surface area contributed by atoms with Crippen LogP contribution in [0.3, 0.4) is 0 Å². The van der Waals surface area contributed by atoms with Gasteiger partial charge in [-0.25, -0.2) is 0 Å². The van der Waals surface area contributed by atoms with Gasteiger partial charge in [0, 0.05) is 13.0 Å². The predicted octanol–water partition coefficient (Wildman–Crippen LogP) is 1.24. The highest BCUT2D eigenvalue weighted by atomic mass is 16.5. The van der Waals surface area contributed by atoms with E-state index in [1.54, 1.807) is 7.11 Å². The molecule has 1 aliphatic heterocycles. The van der Waals surface area contributed by atoms with E-state index in [2.05, 4.69) is 0 Å². The molecule has 1 aromatic rings. The second kappa shape index (κ2) is 7.43. The Morgan fingerprint density at radius 2 is 2.33 bits per heavy atom. The summed E-state index contributed by atoms with van der Waals surface area (Å²) in [5.41, 5.74) is 1.09. The molecular formula is C16H23NO4. The summed E-state index contributed by atoms with van der Waals surface area (Å²) in [5, 5.41) is 9.17. The van der Waals surface area contributed by atoms with Crippen LogP contribution in [0.2, 0.25) is 0 Å². The maximum Gasteiger partial charge on any atom is 0.223 e. The van der Waals surface area contributed by atoms with Crippen molar-refractivity contribution in [1.29, 1.82) is 0 Å². The molecule has 0 bridgehead atoms. The molecule has 1 amide bonds. The molecular weight excluding hydrogens is 270 g/mol. The molecule has 21 heavy (non-hydrogen) atoms. The lowest BCUT2D eigenvalue weighted by Crippen LogP contribution is -2.52. The fourth-order valence-electron chi connectivity index (χ4n) is 2.50. The van der Waals surface area contributed by atoms with Crippen LogP contribution in [0.5, 0.6) is 5.75 Å². The van der Waals surface area contributed by atoms with E-state index in [0.29, 0.717) is 26.0 Å². The molecule has 5 heteroatoms. The fourth-order valence-corrected chi connectivity index (χ4v) is 2.50. The molecule has 1 saturated heterocycles. The highest BCUT2D eigenvalue weighted by Gasteiger charge is 2.28. The van der Waals surface area contributed by atoms with Gasteiger partial charge in [-0.3, -0.25) is 4.79 Å². The van der Waals surface area contributed by atoms with Gasteiger partial charge in [0.2, 0.25) is 5.91 Å². The summed E-state index contributed by atoms with van der Waals surface area (Å²) >= 11 is 0. The Labute approximate surface area is 125 Å². The quantitative estimate of drug-likeness (QED) is 0.887. The molecule has 0 radical (unpaired) electrons. The number of amides is 1. The number of aliphatic hydroxyl groups is 1. The number of benzene rings is 1. The molecule has 5 nitrogen and oxygen atoms in total. The second-order valence-electron chi connectivity index (χ2n) is 5.38. The lowest BCUT2D eigenvalue weighted by molar-refractivity contribution is -0.146. The number of aliphatic hydroxyl groups excluding tert-OH is 1. The number of hydrogen-bond donors (Lipinski definition) is 1. The van der Waals surface area contributed by atoms with Gasteiger partial charge in [0.05, 0.1) is 32.5 Å². The van der Waals surface area contributed by atoms with Crippen LogP contribution in [-0.4, -0.2) is 54.9 Å². The molecule has 0 aliphatic carbocycles. The maximum atomic E-state index is 12.4. The molecule has 0 saturated carbocycles. The maximum absolute atomic E-state index is 12.4. The minimum atomic E-state index is -0.262. The molecule has 0 aromatic heterocycles. The lowest BCUT2D eigenvalue weighted by Gasteiger charge is -2.37. The van der Waals surface area contributed by atoms with E-state index in [-0.39, 0.29) is 24.7 Å². The first kappa shape index (κ1) is 15.8. The van der Waals surface area contributed by atoms with E-state index in [1.807, 2.05) is 36.1 Å². The average molecular weight is 293 g/mol. The first-order valence-electron chi connectivity index (χ1n) is 7.29. The van der Waals surface area contributed by atoms with Gasteiger partial charge in [0.15, 0.2) is 0 Å². The molecule has 2 rings (SSSR count). The number of nitrogens with zero attached hydrogens (tertiary/aromatic N) is 1. The Hall–Kier alpha value is -1.59. The van der Waals surface area contributed by atoms with Gasteiger partial charge in [-0.2, -0.15) is 0 Å². The number of morpholine rings is 1. The van der Waals surface area contributed by atoms with Crippen molar-refractivity contribution in [2.75, 3.05) is 26.9 Å². The number of hydrogen-bond acceptors (Lipinski definition) is 4. The largest absolute Gasteiger partial charge is 0.497 e. The van der Waals surface area contributed by atoms with Crippen molar-refractivity contribution in [1.82, 2.24) is 4.90 Å². The zero-order valence-corrected chi connectivity index (χ0v) is 12.6. The summed E-state index contributed by atoms with van der Waals surface area (Å²) in [6.07, 6.45) is 0.876. The number of carbonyl (C=O) groups is 1. The second-order valence-corrected chi connectivity index (χ2v) is 5.38. The summed E-state index contributed by atoms with van der Waals surface area (Å²) < 4.78 is 10.6. The minimum Gasteiger partial charge on any atom is -0.497 e. The van der Waals surface area contributed by atoms with Crippen LogP contribution in [0.15, 0.2) is 24.3 Å². The van der Waals surface area contributed by atoms with E-state index < -0.39 is 0 Å². The van der Waals surface area contributed by atoms with Crippen LogP contribution in [0, 0.1) is 0 Å². The monoisotopic (exact) mass is 293 g/mol. The van der Waals surface area contributed by atoms with Gasteiger partial charge in [-0.05, 0) is 31.0 Å². The van der Waals surface area contributed by atoms with Crippen molar-refractivity contribution >= 4 is 5.91 Å². The normalized spacial score (nSPS) is 22.1. The van der Waals surface area contributed by atoms with Crippen LogP contribution in [-0.2, 0) is 16.0 Å². The van der Waals surface area contributed by atoms with E-state index in [4.69, 9.17) is 14.6 Å². The Morgan fingerprint density at radius 3 is 3.05 bits per heavy atom. The van der Waals surface area contributed by atoms with Crippen molar-refractivity contribution < 1.29 is 19.4 Å². The summed E-state index contributed by atoms with van der Waals surface area (Å²) in [5.74, 6) is 0.909. The average Bonchev–Trinajstić information content (AvgIpc) is 2.53. The molecule has 2 atom stereocenters.